The van der Waals surface area contributed by atoms with Gasteiger partial charge in [-0.1, -0.05) is 18.6 Å². The van der Waals surface area contributed by atoms with Crippen molar-refractivity contribution in [2.24, 2.45) is 28.8 Å². The number of hydrazone groups is 1. The molecule has 2 aromatic rings. The number of amides is 1. The van der Waals surface area contributed by atoms with E-state index in [0.717, 1.165) is 49.1 Å². The summed E-state index contributed by atoms with van der Waals surface area (Å²) in [5.41, 5.74) is 2.19. The molecule has 6 nitrogen and oxygen atoms in total. The van der Waals surface area contributed by atoms with Crippen LogP contribution in [0.5, 0.6) is 0 Å². The number of allylic oxidation sites excluding steroid dienone is 1. The molecule has 0 unspecified atom stereocenters. The maximum atomic E-state index is 13.4. The highest BCUT2D eigenvalue weighted by molar-refractivity contribution is 7.11. The van der Waals surface area contributed by atoms with E-state index in [1.807, 2.05) is 17.5 Å². The van der Waals surface area contributed by atoms with Gasteiger partial charge in [-0.05, 0) is 79.5 Å². The molecule has 2 aromatic heterocycles. The topological polar surface area (TPSA) is 76.0 Å². The monoisotopic (exact) mass is 522 g/mol. The lowest BCUT2D eigenvalue weighted by molar-refractivity contribution is -0.159. The average molecular weight is 523 g/mol. The van der Waals surface area contributed by atoms with Crippen molar-refractivity contribution in [3.8, 4) is 0 Å². The smallest absolute Gasteiger partial charge is 0.309 e. The summed E-state index contributed by atoms with van der Waals surface area (Å²) in [6.45, 7) is -0.312. The molecule has 36 heavy (non-hydrogen) atoms. The second-order valence-corrected chi connectivity index (χ2v) is 12.3. The van der Waals surface area contributed by atoms with Crippen molar-refractivity contribution in [2.75, 3.05) is 6.61 Å². The molecule has 0 N–H and O–H groups in total. The normalized spacial score (nSPS) is 30.7. The number of esters is 1. The molecule has 3 heterocycles. The summed E-state index contributed by atoms with van der Waals surface area (Å²) in [5, 5.41) is 10.5. The summed E-state index contributed by atoms with van der Waals surface area (Å²) < 4.78 is 5.57. The van der Waals surface area contributed by atoms with Gasteiger partial charge in [0.05, 0.1) is 17.7 Å². The number of ketones is 1. The molecule has 8 heteroatoms. The van der Waals surface area contributed by atoms with Crippen LogP contribution in [0.25, 0.3) is 6.08 Å². The van der Waals surface area contributed by atoms with Gasteiger partial charge in [-0.15, -0.1) is 22.7 Å². The van der Waals surface area contributed by atoms with Gasteiger partial charge >= 0.3 is 5.97 Å². The van der Waals surface area contributed by atoms with E-state index in [2.05, 4.69) is 23.6 Å². The van der Waals surface area contributed by atoms with Crippen LogP contribution in [0.2, 0.25) is 0 Å². The number of hydrogen-bond donors (Lipinski definition) is 0. The third-order valence-corrected chi connectivity index (χ3v) is 9.93. The number of Topliss-reactive ketones (excluding diaryl/α,β-unsaturated/α-hetero) is 1. The van der Waals surface area contributed by atoms with Gasteiger partial charge in [0.15, 0.2) is 6.61 Å². The fraction of sp³-hybridized carbons (Fsp3) is 0.500. The Labute approximate surface area is 219 Å². The molecule has 2 bridgehead atoms. The van der Waals surface area contributed by atoms with E-state index in [0.29, 0.717) is 18.6 Å². The van der Waals surface area contributed by atoms with E-state index in [-0.39, 0.29) is 48.2 Å². The lowest BCUT2D eigenvalue weighted by atomic mass is 9.67. The minimum Gasteiger partial charge on any atom is -0.455 e. The van der Waals surface area contributed by atoms with Crippen LogP contribution in [0, 0.1) is 23.7 Å². The SMILES string of the molecule is O=C(OCC(=O)N1N=C2/C(=C/c3cccs3)CCC[C@H]2[C@@H]1c1cccs1)C1C[C@@H]2CCC[C@@H](C1)C2=O. The Hall–Kier alpha value is -2.58. The molecule has 1 amide bonds. The Morgan fingerprint density at radius 1 is 1.06 bits per heavy atom. The highest BCUT2D eigenvalue weighted by atomic mass is 32.1. The lowest BCUT2D eigenvalue weighted by Crippen LogP contribution is -2.40. The van der Waals surface area contributed by atoms with Crippen LogP contribution < -0.4 is 0 Å². The van der Waals surface area contributed by atoms with Gasteiger partial charge in [0.25, 0.3) is 5.91 Å². The molecule has 3 aliphatic carbocycles. The van der Waals surface area contributed by atoms with Crippen LogP contribution in [0.4, 0.5) is 0 Å². The molecule has 0 saturated heterocycles. The quantitative estimate of drug-likeness (QED) is 0.460. The Bertz CT molecular complexity index is 1180. The van der Waals surface area contributed by atoms with Crippen molar-refractivity contribution >= 4 is 52.1 Å². The molecule has 3 saturated carbocycles. The van der Waals surface area contributed by atoms with Crippen molar-refractivity contribution in [2.45, 2.75) is 57.4 Å². The van der Waals surface area contributed by atoms with Gasteiger partial charge in [-0.3, -0.25) is 14.4 Å². The highest BCUT2D eigenvalue weighted by Gasteiger charge is 2.45. The molecule has 188 valence electrons. The molecule has 3 fully saturated rings. The minimum atomic E-state index is -0.344. The van der Waals surface area contributed by atoms with Crippen LogP contribution in [-0.4, -0.2) is 35.0 Å². The lowest BCUT2D eigenvalue weighted by Gasteiger charge is -2.36. The van der Waals surface area contributed by atoms with Crippen LogP contribution >= 0.6 is 22.7 Å². The zero-order valence-electron chi connectivity index (χ0n) is 20.1. The number of hydrogen-bond acceptors (Lipinski definition) is 7. The zero-order valence-corrected chi connectivity index (χ0v) is 21.8. The molecule has 4 aliphatic rings. The van der Waals surface area contributed by atoms with Gasteiger partial charge < -0.3 is 4.74 Å². The van der Waals surface area contributed by atoms with Crippen molar-refractivity contribution in [1.82, 2.24) is 5.01 Å². The number of thiophene rings is 2. The third kappa shape index (κ3) is 4.50. The second kappa shape index (κ2) is 10.1. The van der Waals surface area contributed by atoms with Gasteiger partial charge in [0.1, 0.15) is 5.78 Å². The first-order valence-electron chi connectivity index (χ1n) is 13.0. The van der Waals surface area contributed by atoms with Crippen molar-refractivity contribution < 1.29 is 19.1 Å². The van der Waals surface area contributed by atoms with Crippen LogP contribution in [-0.2, 0) is 19.1 Å². The molecule has 0 radical (unpaired) electrons. The van der Waals surface area contributed by atoms with E-state index >= 15 is 0 Å². The van der Waals surface area contributed by atoms with Crippen LogP contribution in [0.3, 0.4) is 0 Å². The minimum absolute atomic E-state index is 0.0179. The first-order chi connectivity index (χ1) is 17.6. The van der Waals surface area contributed by atoms with Crippen LogP contribution in [0.15, 0.2) is 45.7 Å². The largest absolute Gasteiger partial charge is 0.455 e. The average Bonchev–Trinajstić information content (AvgIpc) is 3.63. The summed E-state index contributed by atoms with van der Waals surface area (Å²) in [5.74, 6) is -0.485. The molecule has 0 spiro atoms. The van der Waals surface area contributed by atoms with E-state index < -0.39 is 0 Å². The van der Waals surface area contributed by atoms with Crippen molar-refractivity contribution in [3.63, 3.8) is 0 Å². The first kappa shape index (κ1) is 23.8. The fourth-order valence-electron chi connectivity index (χ4n) is 6.48. The summed E-state index contributed by atoms with van der Waals surface area (Å²) >= 11 is 3.33. The number of ether oxygens (including phenoxy) is 1. The molecular weight excluding hydrogens is 492 g/mol. The molecule has 6 rings (SSSR count). The van der Waals surface area contributed by atoms with Crippen LogP contribution in [0.1, 0.15) is 67.2 Å². The fourth-order valence-corrected chi connectivity index (χ4v) is 8.04. The number of nitrogens with zero attached hydrogens (tertiary/aromatic N) is 2. The third-order valence-electron chi connectivity index (χ3n) is 8.17. The maximum absolute atomic E-state index is 13.4. The summed E-state index contributed by atoms with van der Waals surface area (Å²) in [6, 6.07) is 8.05. The number of carbonyl (C=O) groups excluding carboxylic acids is 3. The van der Waals surface area contributed by atoms with Crippen molar-refractivity contribution in [3.05, 3.63) is 50.4 Å². The van der Waals surface area contributed by atoms with Crippen molar-refractivity contribution in [1.29, 1.82) is 0 Å². The zero-order chi connectivity index (χ0) is 24.6. The predicted molar refractivity (Wildman–Crippen MR) is 140 cm³/mol. The van der Waals surface area contributed by atoms with E-state index in [1.165, 1.54) is 10.5 Å². The Morgan fingerprint density at radius 3 is 2.56 bits per heavy atom. The molecular formula is C28H30N2O4S2. The number of fused-ring (bicyclic) bond motifs is 3. The highest BCUT2D eigenvalue weighted by Crippen LogP contribution is 2.46. The Balaban J connectivity index is 1.19. The van der Waals surface area contributed by atoms with E-state index in [9.17, 15) is 14.4 Å². The second-order valence-electron chi connectivity index (χ2n) is 10.4. The van der Waals surface area contributed by atoms with E-state index in [1.54, 1.807) is 27.7 Å². The van der Waals surface area contributed by atoms with E-state index in [4.69, 9.17) is 9.84 Å². The van der Waals surface area contributed by atoms with Gasteiger partial charge in [-0.25, -0.2) is 5.01 Å². The van der Waals surface area contributed by atoms with Gasteiger partial charge in [-0.2, -0.15) is 5.10 Å². The maximum Gasteiger partial charge on any atom is 0.309 e. The van der Waals surface area contributed by atoms with Gasteiger partial charge in [0, 0.05) is 27.5 Å². The Morgan fingerprint density at radius 2 is 1.83 bits per heavy atom. The Kier molecular flexibility index (Phi) is 6.65. The molecule has 0 aromatic carbocycles. The molecule has 4 atom stereocenters. The summed E-state index contributed by atoms with van der Waals surface area (Å²) in [4.78, 5) is 41.0. The number of rotatable bonds is 5. The first-order valence-corrected chi connectivity index (χ1v) is 14.7. The van der Waals surface area contributed by atoms with Gasteiger partial charge in [0.2, 0.25) is 0 Å². The summed E-state index contributed by atoms with van der Waals surface area (Å²) in [6.07, 6.45) is 9.11. The standard InChI is InChI=1S/C28H30N2O4S2/c31-24(16-34-28(33)20-13-18-6-1-7-19(14-20)27(18)32)30-26(23-10-4-12-36-23)22-9-2-5-17(25(22)29-30)15-21-8-3-11-35-21/h3-4,8,10-12,15,18-20,22,26H,1-2,5-7,9,13-14,16H2/b17-15+/t18-,19-,22+,26+/m0/s1. The predicted octanol–water partition coefficient (Wildman–Crippen LogP) is 5.87. The molecule has 1 aliphatic heterocycles. The summed E-state index contributed by atoms with van der Waals surface area (Å²) in [7, 11) is 0. The number of carbonyl (C=O) groups is 3.